The zero-order chi connectivity index (χ0) is 17.6. The van der Waals surface area contributed by atoms with Gasteiger partial charge in [-0.1, -0.05) is 28.1 Å². The molecule has 3 aromatic rings. The highest BCUT2D eigenvalue weighted by Crippen LogP contribution is 2.19. The van der Waals surface area contributed by atoms with Gasteiger partial charge < -0.3 is 5.11 Å². The van der Waals surface area contributed by atoms with Gasteiger partial charge in [0.15, 0.2) is 0 Å². The van der Waals surface area contributed by atoms with Gasteiger partial charge in [-0.05, 0) is 42.0 Å². The van der Waals surface area contributed by atoms with Crippen LogP contribution in [0.4, 0.5) is 4.39 Å². The predicted octanol–water partition coefficient (Wildman–Crippen LogP) is 3.77. The number of aliphatic hydroxyl groups is 1. The fourth-order valence-electron chi connectivity index (χ4n) is 2.69. The Morgan fingerprint density at radius 1 is 1.12 bits per heavy atom. The van der Waals surface area contributed by atoms with E-state index in [4.69, 9.17) is 0 Å². The third-order valence-electron chi connectivity index (χ3n) is 3.93. The van der Waals surface area contributed by atoms with Gasteiger partial charge >= 0.3 is 0 Å². The number of nitrogens with zero attached hydrogens (tertiary/aromatic N) is 3. The molecule has 0 atom stereocenters. The molecule has 1 heterocycles. The molecule has 1 aromatic heterocycles. The van der Waals surface area contributed by atoms with Crippen molar-refractivity contribution in [2.24, 2.45) is 0 Å². The van der Waals surface area contributed by atoms with Gasteiger partial charge in [0.1, 0.15) is 5.82 Å². The average Bonchev–Trinajstić information content (AvgIpc) is 3.14. The summed E-state index contributed by atoms with van der Waals surface area (Å²) < 4.78 is 16.6. The zero-order valence-corrected chi connectivity index (χ0v) is 15.2. The van der Waals surface area contributed by atoms with E-state index >= 15 is 0 Å². The van der Waals surface area contributed by atoms with Crippen LogP contribution in [0.1, 0.15) is 11.1 Å². The van der Waals surface area contributed by atoms with Crippen molar-refractivity contribution in [3.8, 4) is 5.69 Å². The van der Waals surface area contributed by atoms with E-state index in [-0.39, 0.29) is 12.4 Å². The highest BCUT2D eigenvalue weighted by atomic mass is 79.9. The molecule has 2 aromatic carbocycles. The van der Waals surface area contributed by atoms with Gasteiger partial charge in [0, 0.05) is 42.1 Å². The van der Waals surface area contributed by atoms with Gasteiger partial charge in [0.05, 0.1) is 12.3 Å². The van der Waals surface area contributed by atoms with Crippen LogP contribution in [-0.4, -0.2) is 32.9 Å². The molecule has 0 saturated carbocycles. The minimum atomic E-state index is -0.236. The first-order chi connectivity index (χ1) is 12.2. The lowest BCUT2D eigenvalue weighted by Gasteiger charge is -2.22. The molecular weight excluding hydrogens is 385 g/mol. The van der Waals surface area contributed by atoms with Crippen molar-refractivity contribution in [3.05, 3.63) is 82.3 Å². The van der Waals surface area contributed by atoms with Gasteiger partial charge in [-0.2, -0.15) is 5.10 Å². The lowest BCUT2D eigenvalue weighted by molar-refractivity contribution is 0.183. The summed E-state index contributed by atoms with van der Waals surface area (Å²) in [6.45, 7) is 1.58. The number of rotatable bonds is 7. The minimum absolute atomic E-state index is 0.0288. The topological polar surface area (TPSA) is 41.3 Å². The maximum atomic E-state index is 14.0. The third kappa shape index (κ3) is 4.75. The van der Waals surface area contributed by atoms with Crippen LogP contribution in [0.3, 0.4) is 0 Å². The third-order valence-corrected chi connectivity index (χ3v) is 4.42. The summed E-state index contributed by atoms with van der Waals surface area (Å²) in [5.41, 5.74) is 2.69. The highest BCUT2D eigenvalue weighted by molar-refractivity contribution is 9.10. The summed E-state index contributed by atoms with van der Waals surface area (Å²) >= 11 is 3.38. The number of aromatic nitrogens is 2. The predicted molar refractivity (Wildman–Crippen MR) is 98.9 cm³/mol. The van der Waals surface area contributed by atoms with Gasteiger partial charge in [0.25, 0.3) is 0 Å². The van der Waals surface area contributed by atoms with Crippen molar-refractivity contribution < 1.29 is 9.50 Å². The maximum absolute atomic E-state index is 14.0. The second kappa shape index (κ2) is 8.38. The van der Waals surface area contributed by atoms with Crippen LogP contribution in [0.2, 0.25) is 0 Å². The average molecular weight is 404 g/mol. The number of hydrogen-bond acceptors (Lipinski definition) is 3. The fourth-order valence-corrected chi connectivity index (χ4v) is 3.10. The summed E-state index contributed by atoms with van der Waals surface area (Å²) in [6, 6.07) is 14.8. The molecule has 0 fully saturated rings. The Labute approximate surface area is 154 Å². The van der Waals surface area contributed by atoms with E-state index in [1.165, 1.54) is 6.07 Å². The number of aliphatic hydroxyl groups excluding tert-OH is 1. The summed E-state index contributed by atoms with van der Waals surface area (Å²) in [7, 11) is 0. The summed E-state index contributed by atoms with van der Waals surface area (Å²) in [4.78, 5) is 2.02. The first kappa shape index (κ1) is 17.8. The molecule has 0 bridgehead atoms. The number of benzene rings is 2. The lowest BCUT2D eigenvalue weighted by Crippen LogP contribution is -2.26. The smallest absolute Gasteiger partial charge is 0.127 e. The molecular formula is C19H19BrFN3O. The Balaban J connectivity index is 1.72. The van der Waals surface area contributed by atoms with E-state index in [0.717, 1.165) is 15.7 Å². The molecule has 6 heteroatoms. The SMILES string of the molecule is OCCN(Cc1ccc(-n2cccn2)cc1)Cc1cc(Br)ccc1F. The Morgan fingerprint density at radius 2 is 1.92 bits per heavy atom. The monoisotopic (exact) mass is 403 g/mol. The zero-order valence-electron chi connectivity index (χ0n) is 13.6. The molecule has 0 aliphatic heterocycles. The molecule has 3 rings (SSSR count). The molecule has 0 aliphatic carbocycles. The van der Waals surface area contributed by atoms with Crippen molar-refractivity contribution in [1.29, 1.82) is 0 Å². The van der Waals surface area contributed by atoms with Crippen LogP contribution >= 0.6 is 15.9 Å². The van der Waals surface area contributed by atoms with E-state index in [1.807, 2.05) is 41.4 Å². The van der Waals surface area contributed by atoms with Crippen LogP contribution < -0.4 is 0 Å². The molecule has 0 radical (unpaired) electrons. The highest BCUT2D eigenvalue weighted by Gasteiger charge is 2.11. The van der Waals surface area contributed by atoms with Crippen molar-refractivity contribution in [3.63, 3.8) is 0 Å². The molecule has 4 nitrogen and oxygen atoms in total. The van der Waals surface area contributed by atoms with Crippen molar-refractivity contribution in [2.45, 2.75) is 13.1 Å². The molecule has 0 amide bonds. The molecule has 25 heavy (non-hydrogen) atoms. The number of halogens is 2. The normalized spacial score (nSPS) is 11.2. The van der Waals surface area contributed by atoms with E-state index in [0.29, 0.717) is 25.2 Å². The largest absolute Gasteiger partial charge is 0.395 e. The standard InChI is InChI=1S/C19H19BrFN3O/c20-17-4-7-19(21)16(12-17)14-23(10-11-25)13-15-2-5-18(6-3-15)24-9-1-8-22-24/h1-9,12,25H,10-11,13-14H2. The van der Waals surface area contributed by atoms with Gasteiger partial charge in [0.2, 0.25) is 0 Å². The maximum Gasteiger partial charge on any atom is 0.127 e. The first-order valence-electron chi connectivity index (χ1n) is 8.02. The van der Waals surface area contributed by atoms with Crippen LogP contribution in [0.5, 0.6) is 0 Å². The summed E-state index contributed by atoms with van der Waals surface area (Å²) in [5.74, 6) is -0.236. The molecule has 0 unspecified atom stereocenters. The summed E-state index contributed by atoms with van der Waals surface area (Å²) in [5, 5.41) is 13.5. The fraction of sp³-hybridized carbons (Fsp3) is 0.211. The second-order valence-electron chi connectivity index (χ2n) is 5.79. The van der Waals surface area contributed by atoms with Gasteiger partial charge in [-0.25, -0.2) is 9.07 Å². The van der Waals surface area contributed by atoms with Crippen LogP contribution in [0.25, 0.3) is 5.69 Å². The molecule has 130 valence electrons. The number of hydrogen-bond donors (Lipinski definition) is 1. The van der Waals surface area contributed by atoms with Gasteiger partial charge in [-0.15, -0.1) is 0 Å². The van der Waals surface area contributed by atoms with Crippen molar-refractivity contribution in [2.75, 3.05) is 13.2 Å². The Morgan fingerprint density at radius 3 is 2.60 bits per heavy atom. The Bertz CT molecular complexity index is 806. The van der Waals surface area contributed by atoms with E-state index in [1.54, 1.807) is 23.0 Å². The second-order valence-corrected chi connectivity index (χ2v) is 6.70. The summed E-state index contributed by atoms with van der Waals surface area (Å²) in [6.07, 6.45) is 3.63. The quantitative estimate of drug-likeness (QED) is 0.652. The Hall–Kier alpha value is -2.02. The van der Waals surface area contributed by atoms with Crippen LogP contribution in [-0.2, 0) is 13.1 Å². The van der Waals surface area contributed by atoms with E-state index < -0.39 is 0 Å². The molecule has 0 spiro atoms. The van der Waals surface area contributed by atoms with Crippen molar-refractivity contribution in [1.82, 2.24) is 14.7 Å². The lowest BCUT2D eigenvalue weighted by atomic mass is 10.1. The van der Waals surface area contributed by atoms with E-state index in [9.17, 15) is 9.50 Å². The van der Waals surface area contributed by atoms with Crippen molar-refractivity contribution >= 4 is 15.9 Å². The van der Waals surface area contributed by atoms with E-state index in [2.05, 4.69) is 21.0 Å². The molecule has 1 N–H and O–H groups in total. The molecule has 0 saturated heterocycles. The Kier molecular flexibility index (Phi) is 5.96. The molecule has 0 aliphatic rings. The van der Waals surface area contributed by atoms with Gasteiger partial charge in [-0.3, -0.25) is 4.90 Å². The van der Waals surface area contributed by atoms with Crippen LogP contribution in [0.15, 0.2) is 65.4 Å². The first-order valence-corrected chi connectivity index (χ1v) is 8.81. The van der Waals surface area contributed by atoms with Crippen LogP contribution in [0, 0.1) is 5.82 Å². The minimum Gasteiger partial charge on any atom is -0.395 e.